The summed E-state index contributed by atoms with van der Waals surface area (Å²) < 4.78 is 30.7. The number of hydrogen-bond acceptors (Lipinski definition) is 6. The van der Waals surface area contributed by atoms with Crippen molar-refractivity contribution in [2.24, 2.45) is 0 Å². The van der Waals surface area contributed by atoms with E-state index in [1.165, 1.54) is 10.8 Å². The van der Waals surface area contributed by atoms with Crippen LogP contribution in [0.1, 0.15) is 0 Å². The molecule has 0 radical (unpaired) electrons. The van der Waals surface area contributed by atoms with Crippen molar-refractivity contribution in [3.8, 4) is 62.8 Å². The van der Waals surface area contributed by atoms with Crippen LogP contribution < -0.4 is 61.5 Å². The number of aromatic nitrogens is 1. The van der Waals surface area contributed by atoms with Gasteiger partial charge in [0.05, 0.1) is 16.7 Å². The molecule has 7 nitrogen and oxygen atoms in total. The highest BCUT2D eigenvalue weighted by Gasteiger charge is 2.50. The van der Waals surface area contributed by atoms with Gasteiger partial charge in [0, 0.05) is 61.9 Å². The van der Waals surface area contributed by atoms with Crippen LogP contribution in [-0.2, 0) is 0 Å². The molecule has 11 aromatic rings. The quantitative estimate of drug-likeness (QED) is 0.164. The second kappa shape index (κ2) is 12.9. The molecule has 0 aliphatic carbocycles. The van der Waals surface area contributed by atoms with Crippen LogP contribution in [0.4, 0.5) is 34.1 Å². The van der Waals surface area contributed by atoms with E-state index >= 15 is 0 Å². The average molecular weight is 882 g/mol. The summed E-state index contributed by atoms with van der Waals surface area (Å²) in [5.41, 5.74) is 18.4. The van der Waals surface area contributed by atoms with Crippen molar-refractivity contribution in [2.75, 3.05) is 9.80 Å². The first-order valence-electron chi connectivity index (χ1n) is 23.5. The van der Waals surface area contributed by atoms with Crippen molar-refractivity contribution < 1.29 is 18.9 Å². The SMILES string of the molecule is c1ccc(N2c3cccc4c3B3c5c(cc(-c6cc7c8c(c6)Oc6cc(-n9c%10ccccc%10c%10ccccc%109)cc9c6B8c6c(cccc6N9c6ccccc6)O7)cc5Oc5cccc2c53)O4)cc1. The highest BCUT2D eigenvalue weighted by Crippen LogP contribution is 2.50. The van der Waals surface area contributed by atoms with Crippen LogP contribution in [0, 0.1) is 0 Å². The molecule has 0 saturated heterocycles. The fourth-order valence-corrected chi connectivity index (χ4v) is 12.6. The second-order valence-corrected chi connectivity index (χ2v) is 18.7. The maximum absolute atomic E-state index is 7.33. The van der Waals surface area contributed by atoms with E-state index in [1.807, 2.05) is 0 Å². The lowest BCUT2D eigenvalue weighted by Crippen LogP contribution is -2.61. The third kappa shape index (κ3) is 4.64. The van der Waals surface area contributed by atoms with Crippen molar-refractivity contribution in [2.45, 2.75) is 0 Å². The molecule has 69 heavy (non-hydrogen) atoms. The minimum absolute atomic E-state index is 0.0536. The molecular weight excluding hydrogens is 848 g/mol. The molecule has 17 rings (SSSR count). The third-order valence-corrected chi connectivity index (χ3v) is 15.2. The first-order valence-corrected chi connectivity index (χ1v) is 23.5. The van der Waals surface area contributed by atoms with Crippen LogP contribution in [-0.4, -0.2) is 18.0 Å². The topological polar surface area (TPSA) is 48.3 Å². The number of para-hydroxylation sites is 4. The lowest BCUT2D eigenvalue weighted by Gasteiger charge is -2.43. The summed E-state index contributed by atoms with van der Waals surface area (Å²) in [5, 5.41) is 2.42. The van der Waals surface area contributed by atoms with Crippen LogP contribution in [0.3, 0.4) is 0 Å². The molecule has 10 aromatic carbocycles. The molecule has 7 heterocycles. The molecule has 6 aliphatic rings. The van der Waals surface area contributed by atoms with Crippen molar-refractivity contribution in [1.82, 2.24) is 4.57 Å². The largest absolute Gasteiger partial charge is 0.458 e. The van der Waals surface area contributed by atoms with E-state index in [4.69, 9.17) is 18.9 Å². The molecule has 0 spiro atoms. The van der Waals surface area contributed by atoms with Gasteiger partial charge in [0.1, 0.15) is 46.0 Å². The summed E-state index contributed by atoms with van der Waals surface area (Å²) in [4.78, 5) is 4.72. The fraction of sp³-hybridized carbons (Fsp3) is 0. The molecule has 0 unspecified atom stereocenters. The van der Waals surface area contributed by atoms with Crippen LogP contribution in [0.5, 0.6) is 46.0 Å². The van der Waals surface area contributed by atoms with Gasteiger partial charge < -0.3 is 33.3 Å². The van der Waals surface area contributed by atoms with Crippen molar-refractivity contribution in [3.63, 3.8) is 0 Å². The smallest absolute Gasteiger partial charge is 0.266 e. The van der Waals surface area contributed by atoms with Gasteiger partial charge in [-0.05, 0) is 136 Å². The second-order valence-electron chi connectivity index (χ2n) is 18.7. The Morgan fingerprint density at radius 3 is 1.12 bits per heavy atom. The van der Waals surface area contributed by atoms with E-state index in [9.17, 15) is 0 Å². The zero-order valence-corrected chi connectivity index (χ0v) is 36.7. The third-order valence-electron chi connectivity index (χ3n) is 15.2. The Labute approximate surface area is 396 Å². The Kier molecular flexibility index (Phi) is 6.74. The summed E-state index contributed by atoms with van der Waals surface area (Å²) in [6.45, 7) is -0.174. The van der Waals surface area contributed by atoms with E-state index in [-0.39, 0.29) is 13.4 Å². The maximum Gasteiger partial charge on any atom is 0.266 e. The zero-order valence-electron chi connectivity index (χ0n) is 36.7. The number of fused-ring (bicyclic) bond motifs is 3. The van der Waals surface area contributed by atoms with E-state index in [0.29, 0.717) is 0 Å². The molecule has 0 atom stereocenters. The predicted molar refractivity (Wildman–Crippen MR) is 278 cm³/mol. The number of rotatable bonds is 4. The van der Waals surface area contributed by atoms with Crippen molar-refractivity contribution in [3.05, 3.63) is 200 Å². The lowest BCUT2D eigenvalue weighted by atomic mass is 9.33. The fourth-order valence-electron chi connectivity index (χ4n) is 12.6. The van der Waals surface area contributed by atoms with Gasteiger partial charge in [-0.15, -0.1) is 0 Å². The Hall–Kier alpha value is -9.07. The molecule has 0 saturated carbocycles. The minimum atomic E-state index is -0.121. The minimum Gasteiger partial charge on any atom is -0.458 e. The molecule has 6 aliphatic heterocycles. The van der Waals surface area contributed by atoms with Gasteiger partial charge in [0.2, 0.25) is 0 Å². The predicted octanol–water partition coefficient (Wildman–Crippen LogP) is 11.5. The van der Waals surface area contributed by atoms with Crippen LogP contribution in [0.2, 0.25) is 0 Å². The summed E-state index contributed by atoms with van der Waals surface area (Å²) in [5.74, 6) is 6.48. The number of ether oxygens (including phenoxy) is 4. The summed E-state index contributed by atoms with van der Waals surface area (Å²) in [6, 6.07) is 71.1. The average Bonchev–Trinajstić information content (AvgIpc) is 3.73. The lowest BCUT2D eigenvalue weighted by molar-refractivity contribution is 0.462. The first kappa shape index (κ1) is 36.1. The first-order chi connectivity index (χ1) is 34.2. The van der Waals surface area contributed by atoms with Gasteiger partial charge in [0.15, 0.2) is 0 Å². The highest BCUT2D eigenvalue weighted by molar-refractivity contribution is 7.01. The molecule has 0 N–H and O–H groups in total. The van der Waals surface area contributed by atoms with E-state index in [1.54, 1.807) is 0 Å². The highest BCUT2D eigenvalue weighted by atomic mass is 16.5. The Bertz CT molecular complexity index is 4000. The van der Waals surface area contributed by atoms with E-state index in [0.717, 1.165) is 141 Å². The van der Waals surface area contributed by atoms with Gasteiger partial charge in [0.25, 0.3) is 13.4 Å². The van der Waals surface area contributed by atoms with Crippen LogP contribution in [0.15, 0.2) is 200 Å². The van der Waals surface area contributed by atoms with Gasteiger partial charge in [-0.1, -0.05) is 91.0 Å². The normalized spacial score (nSPS) is 14.1. The number of nitrogens with zero attached hydrogens (tertiary/aromatic N) is 3. The van der Waals surface area contributed by atoms with E-state index < -0.39 is 0 Å². The number of benzene rings is 10. The van der Waals surface area contributed by atoms with Crippen molar-refractivity contribution in [1.29, 1.82) is 0 Å². The monoisotopic (exact) mass is 881 g/mol. The number of anilines is 6. The standard InChI is InChI=1S/C60H33B2N3O4/c1-3-14-36(15-4-1)63-43-22-11-25-47-55(43)61-56-44(63)23-12-26-48(56)67-51-29-34(28-50(66-47)59(51)61)35-30-52-60-53(31-35)69-54-33-38(65-41-20-9-7-18-39(41)40-19-8-10-21-42(40)65)32-46-58(54)62(60)57-45(24-13-27-49(57)68-52)64(46)37-16-5-2-6-17-37/h1-33H. The van der Waals surface area contributed by atoms with Crippen LogP contribution >= 0.6 is 0 Å². The molecular formula is C60H33B2N3O4. The Morgan fingerprint density at radius 1 is 0.275 bits per heavy atom. The molecule has 0 fully saturated rings. The Morgan fingerprint density at radius 2 is 0.652 bits per heavy atom. The molecule has 1 aromatic heterocycles. The molecule has 318 valence electrons. The van der Waals surface area contributed by atoms with Crippen LogP contribution in [0.25, 0.3) is 38.6 Å². The number of hydrogen-bond donors (Lipinski definition) is 0. The Balaban J connectivity index is 0.866. The molecule has 0 amide bonds. The summed E-state index contributed by atoms with van der Waals surface area (Å²) in [7, 11) is 0. The van der Waals surface area contributed by atoms with Gasteiger partial charge in [-0.25, -0.2) is 0 Å². The van der Waals surface area contributed by atoms with Crippen molar-refractivity contribution >= 4 is 102 Å². The summed E-state index contributed by atoms with van der Waals surface area (Å²) in [6.07, 6.45) is 0. The molecule has 9 heteroatoms. The van der Waals surface area contributed by atoms with Gasteiger partial charge in [-0.3, -0.25) is 0 Å². The van der Waals surface area contributed by atoms with Gasteiger partial charge >= 0.3 is 0 Å². The van der Waals surface area contributed by atoms with Gasteiger partial charge in [-0.2, -0.15) is 0 Å². The van der Waals surface area contributed by atoms with E-state index in [2.05, 4.69) is 215 Å². The summed E-state index contributed by atoms with van der Waals surface area (Å²) >= 11 is 0. The zero-order chi connectivity index (χ0) is 44.6. The maximum atomic E-state index is 7.33. The molecule has 0 bridgehead atoms.